The minimum atomic E-state index is 0.899. The Bertz CT molecular complexity index is 480. The molecule has 0 saturated carbocycles. The number of hydrogen-bond donors (Lipinski definition) is 0. The highest BCUT2D eigenvalue weighted by molar-refractivity contribution is 5.80. The van der Waals surface area contributed by atoms with E-state index in [1.807, 2.05) is 42.5 Å². The van der Waals surface area contributed by atoms with Gasteiger partial charge in [0.15, 0.2) is 0 Å². The van der Waals surface area contributed by atoms with Gasteiger partial charge < -0.3 is 0 Å². The van der Waals surface area contributed by atoms with Gasteiger partial charge in [-0.1, -0.05) is 36.4 Å². The number of hydrogen-bond acceptors (Lipinski definition) is 2. The van der Waals surface area contributed by atoms with Crippen molar-refractivity contribution in [1.82, 2.24) is 4.98 Å². The quantitative estimate of drug-likeness (QED) is 0.708. The molecule has 0 atom stereocenters. The number of rotatable bonds is 2. The van der Waals surface area contributed by atoms with Crippen LogP contribution in [-0.2, 0) is 0 Å². The van der Waals surface area contributed by atoms with E-state index in [9.17, 15) is 0 Å². The molecule has 2 heteroatoms. The fourth-order valence-electron chi connectivity index (χ4n) is 1.54. The second-order valence-corrected chi connectivity index (χ2v) is 3.29. The van der Waals surface area contributed by atoms with Crippen LogP contribution < -0.4 is 0 Å². The molecule has 0 unspecified atom stereocenters. The summed E-state index contributed by atoms with van der Waals surface area (Å²) in [6.45, 7) is 0. The van der Waals surface area contributed by atoms with E-state index in [1.54, 1.807) is 18.5 Å². The largest absolute Gasteiger partial charge is 0.264 e. The molecule has 0 saturated heterocycles. The predicted octanol–water partition coefficient (Wildman–Crippen LogP) is 3.04. The molecule has 1 aromatic carbocycles. The molecular weight excluding hydrogens is 196 g/mol. The lowest BCUT2D eigenvalue weighted by Crippen LogP contribution is -1.88. The number of nitriles is 1. The van der Waals surface area contributed by atoms with E-state index in [1.165, 1.54) is 0 Å². The summed E-state index contributed by atoms with van der Waals surface area (Å²) in [6.07, 6.45) is 5.03. The molecule has 2 rings (SSSR count). The van der Waals surface area contributed by atoms with Crippen LogP contribution in [0, 0.1) is 11.3 Å². The Morgan fingerprint density at radius 3 is 2.44 bits per heavy atom. The highest BCUT2D eigenvalue weighted by atomic mass is 14.6. The molecule has 0 aliphatic heterocycles. The number of allylic oxidation sites excluding steroid dienone is 1. The van der Waals surface area contributed by atoms with Crippen molar-refractivity contribution in [2.24, 2.45) is 0 Å². The Morgan fingerprint density at radius 1 is 1.06 bits per heavy atom. The monoisotopic (exact) mass is 206 g/mol. The molecule has 0 bridgehead atoms. The average Bonchev–Trinajstić information content (AvgIpc) is 2.38. The predicted molar refractivity (Wildman–Crippen MR) is 63.4 cm³/mol. The first kappa shape index (κ1) is 10.1. The third-order valence-corrected chi connectivity index (χ3v) is 2.27. The molecule has 0 amide bonds. The van der Waals surface area contributed by atoms with E-state index in [0.29, 0.717) is 0 Å². The van der Waals surface area contributed by atoms with Crippen LogP contribution in [0.15, 0.2) is 60.9 Å². The molecule has 1 heterocycles. The Hall–Kier alpha value is -2.40. The lowest BCUT2D eigenvalue weighted by molar-refractivity contribution is 1.31. The highest BCUT2D eigenvalue weighted by Crippen LogP contribution is 2.21. The van der Waals surface area contributed by atoms with E-state index < -0.39 is 0 Å². The molecule has 0 radical (unpaired) electrons. The third-order valence-electron chi connectivity index (χ3n) is 2.27. The molecule has 2 nitrogen and oxygen atoms in total. The molecule has 0 fully saturated rings. The number of nitrogens with zero attached hydrogens (tertiary/aromatic N) is 2. The van der Waals surface area contributed by atoms with Gasteiger partial charge in [-0.2, -0.15) is 5.26 Å². The van der Waals surface area contributed by atoms with E-state index in [2.05, 4.69) is 11.1 Å². The zero-order valence-corrected chi connectivity index (χ0v) is 8.67. The molecule has 0 spiro atoms. The van der Waals surface area contributed by atoms with Crippen molar-refractivity contribution < 1.29 is 0 Å². The summed E-state index contributed by atoms with van der Waals surface area (Å²) in [5, 5.41) is 8.81. The molecule has 1 aromatic heterocycles. The summed E-state index contributed by atoms with van der Waals surface area (Å²) in [5.41, 5.74) is 2.88. The summed E-state index contributed by atoms with van der Waals surface area (Å²) >= 11 is 0. The third kappa shape index (κ3) is 2.15. The van der Waals surface area contributed by atoms with Crippen LogP contribution in [0.5, 0.6) is 0 Å². The first-order valence-electron chi connectivity index (χ1n) is 4.97. The second-order valence-electron chi connectivity index (χ2n) is 3.29. The Morgan fingerprint density at radius 2 is 1.81 bits per heavy atom. The van der Waals surface area contributed by atoms with Gasteiger partial charge in [0.1, 0.15) is 0 Å². The van der Waals surface area contributed by atoms with Crippen LogP contribution in [0.2, 0.25) is 0 Å². The lowest BCUT2D eigenvalue weighted by Gasteiger charge is -2.05. The van der Waals surface area contributed by atoms with Crippen molar-refractivity contribution in [1.29, 1.82) is 5.26 Å². The molecule has 2 aromatic rings. The molecule has 0 aliphatic carbocycles. The minimum Gasteiger partial charge on any atom is -0.264 e. The SMILES string of the molecule is N#CC=C(c1ccccc1)c1cccnc1. The fraction of sp³-hybridized carbons (Fsp3) is 0. The van der Waals surface area contributed by atoms with Crippen LogP contribution >= 0.6 is 0 Å². The van der Waals surface area contributed by atoms with Crippen molar-refractivity contribution in [3.05, 3.63) is 72.1 Å². The van der Waals surface area contributed by atoms with Gasteiger partial charge in [-0.25, -0.2) is 0 Å². The number of benzene rings is 1. The van der Waals surface area contributed by atoms with Gasteiger partial charge in [-0.15, -0.1) is 0 Å². The maximum Gasteiger partial charge on any atom is 0.0918 e. The van der Waals surface area contributed by atoms with E-state index in [0.717, 1.165) is 16.7 Å². The Balaban J connectivity index is 2.50. The minimum absolute atomic E-state index is 0.899. The number of pyridine rings is 1. The molecule has 0 aliphatic rings. The van der Waals surface area contributed by atoms with Gasteiger partial charge in [0.05, 0.1) is 6.07 Å². The maximum atomic E-state index is 8.81. The normalized spacial score (nSPS) is 10.8. The van der Waals surface area contributed by atoms with Gasteiger partial charge in [0.25, 0.3) is 0 Å². The van der Waals surface area contributed by atoms with Crippen LogP contribution in [0.4, 0.5) is 0 Å². The van der Waals surface area contributed by atoms with E-state index in [-0.39, 0.29) is 0 Å². The molecular formula is C14H10N2. The standard InChI is InChI=1S/C14H10N2/c15-9-8-14(12-5-2-1-3-6-12)13-7-4-10-16-11-13/h1-8,10-11H. The summed E-state index contributed by atoms with van der Waals surface area (Å²) in [7, 11) is 0. The summed E-state index contributed by atoms with van der Waals surface area (Å²) in [5.74, 6) is 0. The fourth-order valence-corrected chi connectivity index (χ4v) is 1.54. The van der Waals surface area contributed by atoms with Crippen molar-refractivity contribution in [2.45, 2.75) is 0 Å². The molecule has 76 valence electrons. The van der Waals surface area contributed by atoms with Crippen LogP contribution in [0.1, 0.15) is 11.1 Å². The maximum absolute atomic E-state index is 8.81. The molecule has 16 heavy (non-hydrogen) atoms. The van der Waals surface area contributed by atoms with Gasteiger partial charge in [-0.05, 0) is 11.6 Å². The first-order chi connectivity index (χ1) is 7.92. The van der Waals surface area contributed by atoms with E-state index in [4.69, 9.17) is 5.26 Å². The van der Waals surface area contributed by atoms with Crippen LogP contribution in [-0.4, -0.2) is 4.98 Å². The van der Waals surface area contributed by atoms with E-state index >= 15 is 0 Å². The average molecular weight is 206 g/mol. The van der Waals surface area contributed by atoms with Crippen molar-refractivity contribution in [3.63, 3.8) is 0 Å². The summed E-state index contributed by atoms with van der Waals surface area (Å²) < 4.78 is 0. The number of aromatic nitrogens is 1. The van der Waals surface area contributed by atoms with Crippen molar-refractivity contribution >= 4 is 5.57 Å². The van der Waals surface area contributed by atoms with Crippen LogP contribution in [0.25, 0.3) is 5.57 Å². The highest BCUT2D eigenvalue weighted by Gasteiger charge is 2.03. The summed E-state index contributed by atoms with van der Waals surface area (Å²) in [6, 6.07) is 15.7. The lowest BCUT2D eigenvalue weighted by atomic mass is 9.99. The Labute approximate surface area is 94.5 Å². The Kier molecular flexibility index (Phi) is 3.10. The van der Waals surface area contributed by atoms with Gasteiger partial charge in [-0.3, -0.25) is 4.98 Å². The topological polar surface area (TPSA) is 36.7 Å². The van der Waals surface area contributed by atoms with Crippen molar-refractivity contribution in [3.8, 4) is 6.07 Å². The molecule has 0 N–H and O–H groups in total. The van der Waals surface area contributed by atoms with Crippen LogP contribution in [0.3, 0.4) is 0 Å². The second kappa shape index (κ2) is 4.90. The van der Waals surface area contributed by atoms with Gasteiger partial charge in [0, 0.05) is 29.6 Å². The summed E-state index contributed by atoms with van der Waals surface area (Å²) in [4.78, 5) is 4.06. The van der Waals surface area contributed by atoms with Gasteiger partial charge >= 0.3 is 0 Å². The van der Waals surface area contributed by atoms with Gasteiger partial charge in [0.2, 0.25) is 0 Å². The smallest absolute Gasteiger partial charge is 0.0918 e. The first-order valence-corrected chi connectivity index (χ1v) is 4.97. The zero-order chi connectivity index (χ0) is 11.2. The zero-order valence-electron chi connectivity index (χ0n) is 8.67. The van der Waals surface area contributed by atoms with Crippen molar-refractivity contribution in [2.75, 3.05) is 0 Å².